The zero-order valence-electron chi connectivity index (χ0n) is 20.0. The van der Waals surface area contributed by atoms with Crippen LogP contribution in [0.4, 0.5) is 23.2 Å². The first-order valence-electron chi connectivity index (χ1n) is 11.1. The Morgan fingerprint density at radius 2 is 1.81 bits per heavy atom. The lowest BCUT2D eigenvalue weighted by Gasteiger charge is -2.33. The van der Waals surface area contributed by atoms with Gasteiger partial charge in [-0.05, 0) is 69.0 Å². The van der Waals surface area contributed by atoms with Crippen LogP contribution in [-0.4, -0.2) is 35.8 Å². The predicted molar refractivity (Wildman–Crippen MR) is 125 cm³/mol. The van der Waals surface area contributed by atoms with Crippen molar-refractivity contribution in [2.75, 3.05) is 11.6 Å². The second kappa shape index (κ2) is 9.36. The lowest BCUT2D eigenvalue weighted by Crippen LogP contribution is -2.30. The van der Waals surface area contributed by atoms with Crippen molar-refractivity contribution in [2.24, 2.45) is 0 Å². The Morgan fingerprint density at radius 3 is 2.38 bits per heavy atom. The summed E-state index contributed by atoms with van der Waals surface area (Å²) in [6.45, 7) is 2.57. The average Bonchev–Trinajstić information content (AvgIpc) is 2.77. The molecule has 8 nitrogen and oxygen atoms in total. The van der Waals surface area contributed by atoms with Gasteiger partial charge in [-0.2, -0.15) is 13.2 Å². The second-order valence-electron chi connectivity index (χ2n) is 8.81. The SMILES string of the molecule is Cc1nc(C2(F)CCC2)ccc1Oc1nnc(C(F)(F)F)c(C)c1C(=O)Nc1cccc(S(C)(=O)=O)c1. The Morgan fingerprint density at radius 1 is 1.11 bits per heavy atom. The Hall–Kier alpha value is -3.61. The number of anilines is 1. The van der Waals surface area contributed by atoms with Crippen LogP contribution in [0.25, 0.3) is 0 Å². The number of ether oxygens (including phenoxy) is 1. The van der Waals surface area contributed by atoms with Gasteiger partial charge in [0.2, 0.25) is 0 Å². The summed E-state index contributed by atoms with van der Waals surface area (Å²) in [5.74, 6) is -1.51. The largest absolute Gasteiger partial charge is 0.435 e. The van der Waals surface area contributed by atoms with E-state index in [1.165, 1.54) is 43.3 Å². The molecular weight excluding hydrogens is 516 g/mol. The number of pyridine rings is 1. The van der Waals surface area contributed by atoms with Crippen LogP contribution in [0.15, 0.2) is 41.3 Å². The van der Waals surface area contributed by atoms with Crippen molar-refractivity contribution in [3.05, 3.63) is 64.6 Å². The van der Waals surface area contributed by atoms with Gasteiger partial charge in [0.25, 0.3) is 11.8 Å². The monoisotopic (exact) mass is 538 g/mol. The number of carbonyl (C=O) groups is 1. The van der Waals surface area contributed by atoms with Gasteiger partial charge in [-0.1, -0.05) is 6.07 Å². The molecule has 0 radical (unpaired) electrons. The van der Waals surface area contributed by atoms with Crippen LogP contribution in [0, 0.1) is 13.8 Å². The van der Waals surface area contributed by atoms with Crippen LogP contribution >= 0.6 is 0 Å². The van der Waals surface area contributed by atoms with Crippen molar-refractivity contribution in [1.82, 2.24) is 15.2 Å². The van der Waals surface area contributed by atoms with Crippen molar-refractivity contribution < 1.29 is 35.5 Å². The zero-order valence-corrected chi connectivity index (χ0v) is 20.8. The topological polar surface area (TPSA) is 111 Å². The van der Waals surface area contributed by atoms with Crippen LogP contribution in [0.2, 0.25) is 0 Å². The van der Waals surface area contributed by atoms with E-state index >= 15 is 0 Å². The van der Waals surface area contributed by atoms with Crippen molar-refractivity contribution in [3.63, 3.8) is 0 Å². The predicted octanol–water partition coefficient (Wildman–Crippen LogP) is 5.30. The van der Waals surface area contributed by atoms with Crippen molar-refractivity contribution in [1.29, 1.82) is 0 Å². The van der Waals surface area contributed by atoms with Gasteiger partial charge in [0.15, 0.2) is 26.9 Å². The molecule has 0 unspecified atom stereocenters. The average molecular weight is 539 g/mol. The molecule has 1 fully saturated rings. The third-order valence-corrected chi connectivity index (χ3v) is 7.16. The molecule has 0 atom stereocenters. The molecule has 2 aromatic heterocycles. The van der Waals surface area contributed by atoms with E-state index in [1.807, 2.05) is 0 Å². The highest BCUT2D eigenvalue weighted by molar-refractivity contribution is 7.90. The minimum atomic E-state index is -4.90. The third-order valence-electron chi connectivity index (χ3n) is 6.05. The summed E-state index contributed by atoms with van der Waals surface area (Å²) >= 11 is 0. The number of halogens is 4. The number of amides is 1. The van der Waals surface area contributed by atoms with E-state index in [-0.39, 0.29) is 27.7 Å². The lowest BCUT2D eigenvalue weighted by molar-refractivity contribution is -0.142. The van der Waals surface area contributed by atoms with Crippen LogP contribution < -0.4 is 10.1 Å². The first-order chi connectivity index (χ1) is 17.2. The number of alkyl halides is 4. The molecule has 1 aromatic carbocycles. The van der Waals surface area contributed by atoms with Gasteiger partial charge in [0.05, 0.1) is 16.3 Å². The summed E-state index contributed by atoms with van der Waals surface area (Å²) in [5, 5.41) is 9.11. The maximum Gasteiger partial charge on any atom is 0.435 e. The third kappa shape index (κ3) is 5.41. The summed E-state index contributed by atoms with van der Waals surface area (Å²) in [6, 6.07) is 8.05. The molecular formula is C24H22F4N4O4S. The van der Waals surface area contributed by atoms with Gasteiger partial charge in [0, 0.05) is 11.9 Å². The number of nitrogens with zero attached hydrogens (tertiary/aromatic N) is 3. The van der Waals surface area contributed by atoms with Gasteiger partial charge in [0.1, 0.15) is 5.56 Å². The molecule has 0 spiro atoms. The Kier molecular flexibility index (Phi) is 6.69. The number of sulfone groups is 1. The van der Waals surface area contributed by atoms with E-state index in [0.717, 1.165) is 19.6 Å². The normalized spacial score (nSPS) is 15.1. The molecule has 2 heterocycles. The molecule has 1 aliphatic rings. The smallest absolute Gasteiger partial charge is 0.435 e. The second-order valence-corrected chi connectivity index (χ2v) is 10.8. The van der Waals surface area contributed by atoms with Crippen molar-refractivity contribution in [2.45, 2.75) is 49.9 Å². The Balaban J connectivity index is 1.73. The number of hydrogen-bond acceptors (Lipinski definition) is 7. The number of benzene rings is 1. The van der Waals surface area contributed by atoms with E-state index in [9.17, 15) is 30.8 Å². The van der Waals surface area contributed by atoms with Crippen LogP contribution in [0.1, 0.15) is 52.3 Å². The van der Waals surface area contributed by atoms with Crippen molar-refractivity contribution in [3.8, 4) is 11.6 Å². The first-order valence-corrected chi connectivity index (χ1v) is 13.0. The summed E-state index contributed by atoms with van der Waals surface area (Å²) in [7, 11) is -3.61. The zero-order chi connectivity index (χ0) is 27.2. The minimum Gasteiger partial charge on any atom is -0.435 e. The molecule has 0 saturated heterocycles. The highest BCUT2D eigenvalue weighted by Gasteiger charge is 2.41. The van der Waals surface area contributed by atoms with Gasteiger partial charge in [-0.25, -0.2) is 12.8 Å². The number of carbonyl (C=O) groups excluding carboxylic acids is 1. The number of aromatic nitrogens is 3. The number of hydrogen-bond donors (Lipinski definition) is 1. The maximum absolute atomic E-state index is 14.7. The standard InChI is InChI=1S/C24H22F4N4O4S/c1-13-19(21(33)30-15-6-4-7-16(12-15)37(3,34)35)22(32-31-20(13)24(26,27)28)36-17-8-9-18(29-14(17)2)23(25)10-5-11-23/h4,6-9,12H,5,10-11H2,1-3H3,(H,30,33). The van der Waals surface area contributed by atoms with E-state index < -0.39 is 50.3 Å². The number of aryl methyl sites for hydroxylation is 1. The highest BCUT2D eigenvalue weighted by Crippen LogP contribution is 2.45. The number of nitrogens with one attached hydrogen (secondary N) is 1. The molecule has 1 saturated carbocycles. The molecule has 1 N–H and O–H groups in total. The molecule has 3 aromatic rings. The summed E-state index contributed by atoms with van der Waals surface area (Å²) in [6.07, 6.45) is -2.51. The molecule has 37 heavy (non-hydrogen) atoms. The quantitative estimate of drug-likeness (QED) is 0.424. The molecule has 1 amide bonds. The highest BCUT2D eigenvalue weighted by atomic mass is 32.2. The molecule has 196 valence electrons. The van der Waals surface area contributed by atoms with Gasteiger partial charge >= 0.3 is 6.18 Å². The minimum absolute atomic E-state index is 0.0274. The fourth-order valence-electron chi connectivity index (χ4n) is 3.86. The van der Waals surface area contributed by atoms with E-state index in [1.54, 1.807) is 0 Å². The molecule has 0 aliphatic heterocycles. The Bertz CT molecular complexity index is 1490. The van der Waals surface area contributed by atoms with E-state index in [4.69, 9.17) is 4.74 Å². The molecule has 4 rings (SSSR count). The lowest BCUT2D eigenvalue weighted by atomic mass is 9.79. The van der Waals surface area contributed by atoms with Gasteiger partial charge in [-0.3, -0.25) is 9.78 Å². The fourth-order valence-corrected chi connectivity index (χ4v) is 4.53. The molecule has 1 aliphatic carbocycles. The first kappa shape index (κ1) is 26.5. The fraction of sp³-hybridized carbons (Fsp3) is 0.333. The van der Waals surface area contributed by atoms with E-state index in [0.29, 0.717) is 12.8 Å². The van der Waals surface area contributed by atoms with E-state index in [2.05, 4.69) is 20.5 Å². The van der Waals surface area contributed by atoms with Crippen LogP contribution in [-0.2, 0) is 21.7 Å². The molecule has 0 bridgehead atoms. The summed E-state index contributed by atoms with van der Waals surface area (Å²) < 4.78 is 84.7. The molecule has 13 heteroatoms. The van der Waals surface area contributed by atoms with Crippen LogP contribution in [0.5, 0.6) is 11.6 Å². The van der Waals surface area contributed by atoms with Gasteiger partial charge in [-0.15, -0.1) is 10.2 Å². The van der Waals surface area contributed by atoms with Crippen LogP contribution in [0.3, 0.4) is 0 Å². The maximum atomic E-state index is 14.7. The Labute approximate surface area is 210 Å². The number of rotatable bonds is 6. The van der Waals surface area contributed by atoms with Crippen molar-refractivity contribution >= 4 is 21.4 Å². The summed E-state index contributed by atoms with van der Waals surface area (Å²) in [5.41, 5.74) is -3.52. The summed E-state index contributed by atoms with van der Waals surface area (Å²) in [4.78, 5) is 17.3. The van der Waals surface area contributed by atoms with Gasteiger partial charge < -0.3 is 10.1 Å².